The molecule has 0 aromatic heterocycles. The maximum absolute atomic E-state index is 9.25. The Morgan fingerprint density at radius 2 is 1.67 bits per heavy atom. The zero-order chi connectivity index (χ0) is 11.9. The van der Waals surface area contributed by atoms with E-state index in [1.807, 2.05) is 0 Å². The number of rotatable bonds is 8. The van der Waals surface area contributed by atoms with E-state index in [1.165, 1.54) is 6.42 Å². The molecule has 0 saturated heterocycles. The van der Waals surface area contributed by atoms with Crippen LogP contribution in [0, 0.1) is 0 Å². The zero-order valence-corrected chi connectivity index (χ0v) is 9.24. The van der Waals surface area contributed by atoms with E-state index in [0.29, 0.717) is 0 Å². The lowest BCUT2D eigenvalue weighted by Crippen LogP contribution is -2.19. The quantitative estimate of drug-likeness (QED) is 0.336. The summed E-state index contributed by atoms with van der Waals surface area (Å²) in [5.74, 6) is -0.981. The van der Waals surface area contributed by atoms with E-state index in [-0.39, 0.29) is 0 Å². The first kappa shape index (κ1) is 16.5. The largest absolute Gasteiger partial charge is 0.478 e. The Morgan fingerprint density at radius 1 is 1.20 bits per heavy atom. The summed E-state index contributed by atoms with van der Waals surface area (Å²) in [7, 11) is 0. The van der Waals surface area contributed by atoms with Crippen molar-refractivity contribution in [3.05, 3.63) is 12.7 Å². The SMILES string of the molecule is C=CC(=O)O.NCCCCNCCCN. The second-order valence-electron chi connectivity index (χ2n) is 2.93. The van der Waals surface area contributed by atoms with E-state index in [0.717, 1.165) is 45.1 Å². The molecule has 0 amide bonds. The Bertz CT molecular complexity index is 144. The van der Waals surface area contributed by atoms with E-state index >= 15 is 0 Å². The Balaban J connectivity index is 0. The van der Waals surface area contributed by atoms with Gasteiger partial charge in [-0.15, -0.1) is 0 Å². The molecule has 90 valence electrons. The lowest BCUT2D eigenvalue weighted by atomic mass is 10.3. The molecule has 0 unspecified atom stereocenters. The van der Waals surface area contributed by atoms with Crippen molar-refractivity contribution in [1.29, 1.82) is 0 Å². The van der Waals surface area contributed by atoms with Gasteiger partial charge < -0.3 is 21.9 Å². The summed E-state index contributed by atoms with van der Waals surface area (Å²) in [5, 5.41) is 10.9. The van der Waals surface area contributed by atoms with Gasteiger partial charge in [-0.25, -0.2) is 4.79 Å². The molecule has 0 fully saturated rings. The van der Waals surface area contributed by atoms with Gasteiger partial charge in [0.1, 0.15) is 0 Å². The van der Waals surface area contributed by atoms with Crippen LogP contribution in [0.25, 0.3) is 0 Å². The number of hydrogen-bond donors (Lipinski definition) is 4. The number of aliphatic carboxylic acids is 1. The van der Waals surface area contributed by atoms with Crippen LogP contribution in [-0.4, -0.2) is 37.3 Å². The molecule has 6 N–H and O–H groups in total. The molecule has 0 rings (SSSR count). The van der Waals surface area contributed by atoms with Crippen molar-refractivity contribution in [2.75, 3.05) is 26.2 Å². The van der Waals surface area contributed by atoms with Crippen LogP contribution >= 0.6 is 0 Å². The Kier molecular flexibility index (Phi) is 17.1. The molecule has 0 aliphatic rings. The number of carbonyl (C=O) groups is 1. The number of nitrogens with two attached hydrogens (primary N) is 2. The molecule has 0 radical (unpaired) electrons. The molecular formula is C10H23N3O2. The topological polar surface area (TPSA) is 101 Å². The average molecular weight is 217 g/mol. The highest BCUT2D eigenvalue weighted by atomic mass is 16.4. The van der Waals surface area contributed by atoms with Gasteiger partial charge in [0.15, 0.2) is 0 Å². The number of nitrogens with one attached hydrogen (secondary N) is 1. The Morgan fingerprint density at radius 3 is 2.07 bits per heavy atom. The summed E-state index contributed by atoms with van der Waals surface area (Å²) in [4.78, 5) is 9.25. The van der Waals surface area contributed by atoms with Crippen molar-refractivity contribution in [2.24, 2.45) is 11.5 Å². The van der Waals surface area contributed by atoms with Gasteiger partial charge in [-0.3, -0.25) is 0 Å². The average Bonchev–Trinajstić information content (AvgIpc) is 2.24. The molecule has 0 bridgehead atoms. The monoisotopic (exact) mass is 217 g/mol. The molecule has 5 nitrogen and oxygen atoms in total. The van der Waals surface area contributed by atoms with Gasteiger partial charge in [-0.05, 0) is 45.4 Å². The molecule has 0 aliphatic carbocycles. The van der Waals surface area contributed by atoms with E-state index in [2.05, 4.69) is 11.9 Å². The predicted molar refractivity (Wildman–Crippen MR) is 62.7 cm³/mol. The van der Waals surface area contributed by atoms with E-state index in [4.69, 9.17) is 16.6 Å². The summed E-state index contributed by atoms with van der Waals surface area (Å²) in [6, 6.07) is 0. The molecule has 0 heterocycles. The second kappa shape index (κ2) is 15.6. The highest BCUT2D eigenvalue weighted by Crippen LogP contribution is 1.81. The smallest absolute Gasteiger partial charge is 0.327 e. The summed E-state index contributed by atoms with van der Waals surface area (Å²) in [6.45, 7) is 6.67. The first-order chi connectivity index (χ1) is 7.18. The molecule has 0 saturated carbocycles. The highest BCUT2D eigenvalue weighted by Gasteiger charge is 1.85. The third kappa shape index (κ3) is 24.6. The number of carboxylic acid groups (broad SMARTS) is 1. The first-order valence-corrected chi connectivity index (χ1v) is 5.15. The van der Waals surface area contributed by atoms with Crippen LogP contribution in [0.1, 0.15) is 19.3 Å². The summed E-state index contributed by atoms with van der Waals surface area (Å²) in [5.41, 5.74) is 10.6. The molecule has 5 heteroatoms. The molecule has 0 spiro atoms. The lowest BCUT2D eigenvalue weighted by molar-refractivity contribution is -0.131. The Labute approximate surface area is 91.5 Å². The standard InChI is InChI=1S/C7H19N3.C3H4O2/c8-4-1-2-6-10-7-3-5-9;1-2-3(4)5/h10H,1-9H2;2H,1H2,(H,4,5). The highest BCUT2D eigenvalue weighted by molar-refractivity contribution is 5.78. The van der Waals surface area contributed by atoms with Crippen molar-refractivity contribution < 1.29 is 9.90 Å². The molecule has 0 atom stereocenters. The summed E-state index contributed by atoms with van der Waals surface area (Å²) in [6.07, 6.45) is 4.21. The van der Waals surface area contributed by atoms with Crippen LogP contribution in [0.5, 0.6) is 0 Å². The van der Waals surface area contributed by atoms with Crippen molar-refractivity contribution in [2.45, 2.75) is 19.3 Å². The summed E-state index contributed by atoms with van der Waals surface area (Å²) >= 11 is 0. The molecular weight excluding hydrogens is 194 g/mol. The maximum atomic E-state index is 9.25. The first-order valence-electron chi connectivity index (χ1n) is 5.15. The predicted octanol–water partition coefficient (Wildman–Crippen LogP) is -0.0793. The second-order valence-corrected chi connectivity index (χ2v) is 2.93. The minimum absolute atomic E-state index is 0.782. The van der Waals surface area contributed by atoms with E-state index < -0.39 is 5.97 Å². The Hall–Kier alpha value is -0.910. The van der Waals surface area contributed by atoms with Crippen LogP contribution in [0.3, 0.4) is 0 Å². The van der Waals surface area contributed by atoms with Crippen LogP contribution in [-0.2, 0) is 4.79 Å². The van der Waals surface area contributed by atoms with Gasteiger partial charge >= 0.3 is 5.97 Å². The fourth-order valence-corrected chi connectivity index (χ4v) is 0.746. The van der Waals surface area contributed by atoms with Gasteiger partial charge in [0.2, 0.25) is 0 Å². The minimum atomic E-state index is -0.981. The van der Waals surface area contributed by atoms with E-state index in [1.54, 1.807) is 0 Å². The normalized spacial score (nSPS) is 8.93. The van der Waals surface area contributed by atoms with Crippen molar-refractivity contribution in [3.63, 3.8) is 0 Å². The molecule has 15 heavy (non-hydrogen) atoms. The van der Waals surface area contributed by atoms with Gasteiger partial charge in [0.05, 0.1) is 0 Å². The zero-order valence-electron chi connectivity index (χ0n) is 9.24. The fraction of sp³-hybridized carbons (Fsp3) is 0.700. The maximum Gasteiger partial charge on any atom is 0.327 e. The van der Waals surface area contributed by atoms with Crippen molar-refractivity contribution in [3.8, 4) is 0 Å². The third-order valence-electron chi connectivity index (χ3n) is 1.54. The van der Waals surface area contributed by atoms with Gasteiger partial charge in [-0.1, -0.05) is 6.58 Å². The molecule has 0 aromatic carbocycles. The number of hydrogen-bond acceptors (Lipinski definition) is 4. The van der Waals surface area contributed by atoms with Crippen molar-refractivity contribution >= 4 is 5.97 Å². The van der Waals surface area contributed by atoms with Gasteiger partial charge in [-0.2, -0.15) is 0 Å². The molecule has 0 aliphatic heterocycles. The number of unbranched alkanes of at least 4 members (excludes halogenated alkanes) is 1. The minimum Gasteiger partial charge on any atom is -0.478 e. The number of carboxylic acids is 1. The van der Waals surface area contributed by atoms with Crippen LogP contribution in [0.15, 0.2) is 12.7 Å². The van der Waals surface area contributed by atoms with Crippen LogP contribution < -0.4 is 16.8 Å². The van der Waals surface area contributed by atoms with Crippen LogP contribution in [0.4, 0.5) is 0 Å². The summed E-state index contributed by atoms with van der Waals surface area (Å²) < 4.78 is 0. The van der Waals surface area contributed by atoms with Gasteiger partial charge in [0.25, 0.3) is 0 Å². The fourth-order valence-electron chi connectivity index (χ4n) is 0.746. The van der Waals surface area contributed by atoms with Crippen LogP contribution in [0.2, 0.25) is 0 Å². The third-order valence-corrected chi connectivity index (χ3v) is 1.54. The van der Waals surface area contributed by atoms with Gasteiger partial charge in [0, 0.05) is 6.08 Å². The van der Waals surface area contributed by atoms with Crippen molar-refractivity contribution in [1.82, 2.24) is 5.32 Å². The van der Waals surface area contributed by atoms with E-state index in [9.17, 15) is 4.79 Å². The molecule has 0 aromatic rings. The lowest BCUT2D eigenvalue weighted by Gasteiger charge is -2.01.